The molecule has 0 spiro atoms. The first-order valence-corrected chi connectivity index (χ1v) is 6.50. The second kappa shape index (κ2) is 4.51. The van der Waals surface area contributed by atoms with E-state index in [1.165, 1.54) is 6.07 Å². The van der Waals surface area contributed by atoms with E-state index in [1.54, 1.807) is 12.1 Å². The Labute approximate surface area is 113 Å². The van der Waals surface area contributed by atoms with Gasteiger partial charge in [-0.25, -0.2) is 0 Å². The lowest BCUT2D eigenvalue weighted by molar-refractivity contribution is -0.384. The lowest BCUT2D eigenvalue weighted by atomic mass is 9.64. The number of aliphatic hydroxyl groups excluding tert-OH is 1. The number of hydrogen-bond donors (Lipinski definition) is 2. The van der Waals surface area contributed by atoms with Gasteiger partial charge in [0.1, 0.15) is 5.69 Å². The minimum absolute atomic E-state index is 0.0431. The molecule has 0 bridgehead atoms. The van der Waals surface area contributed by atoms with Crippen LogP contribution in [-0.4, -0.2) is 22.2 Å². The highest BCUT2D eigenvalue weighted by Crippen LogP contribution is 2.43. The van der Waals surface area contributed by atoms with Crippen LogP contribution in [0, 0.1) is 15.5 Å². The summed E-state index contributed by atoms with van der Waals surface area (Å²) in [6.45, 7) is 3.90. The van der Waals surface area contributed by atoms with Crippen molar-refractivity contribution in [2.24, 2.45) is 5.41 Å². The third kappa shape index (κ3) is 2.22. The third-order valence-corrected chi connectivity index (χ3v) is 4.20. The van der Waals surface area contributed by atoms with Crippen molar-refractivity contribution in [2.45, 2.75) is 32.4 Å². The van der Waals surface area contributed by atoms with Gasteiger partial charge in [0.05, 0.1) is 11.0 Å². The molecule has 2 unspecified atom stereocenters. The number of anilines is 1. The Morgan fingerprint density at radius 1 is 1.56 bits per heavy atom. The number of nitro groups is 1. The minimum atomic E-state index is -0.408. The zero-order valence-electron chi connectivity index (χ0n) is 10.2. The number of hydrogen-bond acceptors (Lipinski definition) is 4. The van der Waals surface area contributed by atoms with Gasteiger partial charge in [-0.15, -0.1) is 0 Å². The monoisotopic (exact) mass is 314 g/mol. The van der Waals surface area contributed by atoms with E-state index in [0.717, 1.165) is 0 Å². The van der Waals surface area contributed by atoms with E-state index in [2.05, 4.69) is 21.2 Å². The Hall–Kier alpha value is -1.14. The van der Waals surface area contributed by atoms with Crippen LogP contribution in [-0.2, 0) is 0 Å². The fraction of sp³-hybridized carbons (Fsp3) is 0.500. The predicted molar refractivity (Wildman–Crippen MR) is 72.6 cm³/mol. The second-order valence-electron chi connectivity index (χ2n) is 5.19. The molecule has 5 nitrogen and oxygen atoms in total. The largest absolute Gasteiger partial charge is 0.392 e. The van der Waals surface area contributed by atoms with Crippen molar-refractivity contribution >= 4 is 27.3 Å². The molecule has 2 N–H and O–H groups in total. The van der Waals surface area contributed by atoms with Gasteiger partial charge in [0, 0.05) is 22.0 Å². The first kappa shape index (κ1) is 13.3. The summed E-state index contributed by atoms with van der Waals surface area (Å²) in [5.41, 5.74) is 0.274. The number of rotatable bonds is 3. The molecule has 6 heteroatoms. The molecule has 98 valence electrons. The maximum absolute atomic E-state index is 11.0. The summed E-state index contributed by atoms with van der Waals surface area (Å²) in [5, 5.41) is 23.8. The van der Waals surface area contributed by atoms with Gasteiger partial charge in [-0.1, -0.05) is 29.8 Å². The van der Waals surface area contributed by atoms with Crippen LogP contribution in [0.1, 0.15) is 20.3 Å². The molecule has 2 rings (SSSR count). The molecule has 1 saturated carbocycles. The highest BCUT2D eigenvalue weighted by Gasteiger charge is 2.47. The summed E-state index contributed by atoms with van der Waals surface area (Å²) >= 11 is 3.22. The second-order valence-corrected chi connectivity index (χ2v) is 6.10. The predicted octanol–water partition coefficient (Wildman–Crippen LogP) is 2.93. The van der Waals surface area contributed by atoms with Crippen LogP contribution < -0.4 is 5.32 Å². The molecule has 2 atom stereocenters. The molecule has 0 heterocycles. The van der Waals surface area contributed by atoms with Crippen molar-refractivity contribution in [3.8, 4) is 0 Å². The molecule has 1 fully saturated rings. The molecule has 0 radical (unpaired) electrons. The first-order valence-electron chi connectivity index (χ1n) is 5.71. The van der Waals surface area contributed by atoms with Crippen molar-refractivity contribution in [1.82, 2.24) is 0 Å². The molecule has 0 aromatic heterocycles. The van der Waals surface area contributed by atoms with E-state index >= 15 is 0 Å². The fourth-order valence-corrected chi connectivity index (χ4v) is 2.46. The Kier molecular flexibility index (Phi) is 3.33. The Morgan fingerprint density at radius 2 is 2.22 bits per heavy atom. The number of nitro benzene ring substituents is 1. The van der Waals surface area contributed by atoms with E-state index < -0.39 is 4.92 Å². The van der Waals surface area contributed by atoms with Gasteiger partial charge < -0.3 is 10.4 Å². The van der Waals surface area contributed by atoms with Crippen LogP contribution >= 0.6 is 15.9 Å². The summed E-state index contributed by atoms with van der Waals surface area (Å²) in [4.78, 5) is 10.6. The highest BCUT2D eigenvalue weighted by atomic mass is 79.9. The van der Waals surface area contributed by atoms with Gasteiger partial charge >= 0.3 is 0 Å². The van der Waals surface area contributed by atoms with E-state index in [-0.39, 0.29) is 23.2 Å². The molecule has 0 aliphatic heterocycles. The third-order valence-electron chi connectivity index (χ3n) is 3.70. The van der Waals surface area contributed by atoms with Crippen LogP contribution in [0.5, 0.6) is 0 Å². The van der Waals surface area contributed by atoms with Crippen molar-refractivity contribution in [3.05, 3.63) is 32.8 Å². The number of nitrogens with one attached hydrogen (secondary N) is 1. The Balaban J connectivity index is 2.23. The zero-order valence-corrected chi connectivity index (χ0v) is 11.8. The van der Waals surface area contributed by atoms with Crippen LogP contribution in [0.4, 0.5) is 11.4 Å². The summed E-state index contributed by atoms with van der Waals surface area (Å²) in [5.74, 6) is 0. The maximum atomic E-state index is 11.0. The summed E-state index contributed by atoms with van der Waals surface area (Å²) in [6.07, 6.45) is 0.254. The van der Waals surface area contributed by atoms with Crippen molar-refractivity contribution in [2.75, 3.05) is 5.32 Å². The lowest BCUT2D eigenvalue weighted by Crippen LogP contribution is -2.56. The number of benzene rings is 1. The average molecular weight is 315 g/mol. The van der Waals surface area contributed by atoms with Gasteiger partial charge in [-0.05, 0) is 18.6 Å². The van der Waals surface area contributed by atoms with Crippen molar-refractivity contribution in [3.63, 3.8) is 0 Å². The normalized spacial score (nSPS) is 25.3. The van der Waals surface area contributed by atoms with E-state index in [9.17, 15) is 15.2 Å². The molecule has 0 saturated heterocycles. The molecular weight excluding hydrogens is 300 g/mol. The SMILES string of the molecule is CC1(C)C(O)CC1Nc1ccc(Br)cc1[N+](=O)[O-]. The minimum Gasteiger partial charge on any atom is -0.392 e. The number of nitrogens with zero attached hydrogens (tertiary/aromatic N) is 1. The lowest BCUT2D eigenvalue weighted by Gasteiger charge is -2.49. The maximum Gasteiger partial charge on any atom is 0.293 e. The average Bonchev–Trinajstić information content (AvgIpc) is 2.30. The number of aliphatic hydroxyl groups is 1. The van der Waals surface area contributed by atoms with Gasteiger partial charge in [0.15, 0.2) is 0 Å². The van der Waals surface area contributed by atoms with Crippen LogP contribution in [0.25, 0.3) is 0 Å². The molecule has 1 aromatic rings. The van der Waals surface area contributed by atoms with Crippen molar-refractivity contribution < 1.29 is 10.0 Å². The highest BCUT2D eigenvalue weighted by molar-refractivity contribution is 9.10. The van der Waals surface area contributed by atoms with E-state index in [4.69, 9.17) is 0 Å². The van der Waals surface area contributed by atoms with Crippen LogP contribution in [0.2, 0.25) is 0 Å². The summed E-state index contributed by atoms with van der Waals surface area (Å²) in [6, 6.07) is 4.97. The zero-order chi connectivity index (χ0) is 13.5. The molecule has 1 aliphatic carbocycles. The molecule has 18 heavy (non-hydrogen) atoms. The molecule has 0 amide bonds. The van der Waals surface area contributed by atoms with Gasteiger partial charge in [-0.3, -0.25) is 10.1 Å². The standard InChI is InChI=1S/C12H15BrN2O3/c1-12(2)10(6-11(12)16)14-8-4-3-7(13)5-9(8)15(17)18/h3-5,10-11,14,16H,6H2,1-2H3. The topological polar surface area (TPSA) is 75.4 Å². The van der Waals surface area contributed by atoms with E-state index in [1.807, 2.05) is 13.8 Å². The first-order chi connectivity index (χ1) is 8.32. The van der Waals surface area contributed by atoms with E-state index in [0.29, 0.717) is 16.6 Å². The quantitative estimate of drug-likeness (QED) is 0.664. The fourth-order valence-electron chi connectivity index (χ4n) is 2.11. The van der Waals surface area contributed by atoms with Gasteiger partial charge in [0.2, 0.25) is 0 Å². The molecule has 1 aromatic carbocycles. The van der Waals surface area contributed by atoms with Crippen LogP contribution in [0.3, 0.4) is 0 Å². The van der Waals surface area contributed by atoms with Gasteiger partial charge in [-0.2, -0.15) is 0 Å². The van der Waals surface area contributed by atoms with Crippen LogP contribution in [0.15, 0.2) is 22.7 Å². The van der Waals surface area contributed by atoms with Crippen molar-refractivity contribution in [1.29, 1.82) is 0 Å². The molecular formula is C12H15BrN2O3. The van der Waals surface area contributed by atoms with Gasteiger partial charge in [0.25, 0.3) is 5.69 Å². The molecule has 1 aliphatic rings. The summed E-state index contributed by atoms with van der Waals surface area (Å²) < 4.78 is 0.674. The Morgan fingerprint density at radius 3 is 2.72 bits per heavy atom. The summed E-state index contributed by atoms with van der Waals surface area (Å²) in [7, 11) is 0. The Bertz CT molecular complexity index is 490. The number of halogens is 1. The smallest absolute Gasteiger partial charge is 0.293 e.